The molecular weight excluding hydrogens is 292 g/mol. The maximum Gasteiger partial charge on any atom is 0.228 e. The Kier molecular flexibility index (Phi) is 3.51. The van der Waals surface area contributed by atoms with Gasteiger partial charge in [-0.05, 0) is 23.4 Å². The minimum Gasteiger partial charge on any atom is -0.356 e. The Labute approximate surface area is 135 Å². The molecule has 2 atom stereocenters. The van der Waals surface area contributed by atoms with E-state index in [-0.39, 0.29) is 11.3 Å². The van der Waals surface area contributed by atoms with Crippen LogP contribution in [-0.2, 0) is 11.3 Å². The third-order valence-corrected chi connectivity index (χ3v) is 5.95. The Morgan fingerprint density at radius 1 is 1.23 bits per heavy atom. The van der Waals surface area contributed by atoms with Gasteiger partial charge in [-0.1, -0.05) is 36.4 Å². The topological polar surface area (TPSA) is 32.3 Å². The number of hydrogen-bond donors (Lipinski definition) is 1. The molecule has 2 aromatic rings. The minimum atomic E-state index is -0.237. The summed E-state index contributed by atoms with van der Waals surface area (Å²) in [6.07, 6.45) is 0.951. The van der Waals surface area contributed by atoms with Crippen LogP contribution in [0.3, 0.4) is 0 Å². The van der Waals surface area contributed by atoms with Gasteiger partial charge in [0.15, 0.2) is 0 Å². The van der Waals surface area contributed by atoms with Gasteiger partial charge >= 0.3 is 0 Å². The van der Waals surface area contributed by atoms with E-state index in [1.807, 2.05) is 6.07 Å². The summed E-state index contributed by atoms with van der Waals surface area (Å²) in [7, 11) is 0. The van der Waals surface area contributed by atoms with Crippen molar-refractivity contribution in [2.24, 2.45) is 5.41 Å². The van der Waals surface area contributed by atoms with Crippen LogP contribution in [-0.4, -0.2) is 30.4 Å². The summed E-state index contributed by atoms with van der Waals surface area (Å²) in [5, 5.41) is 5.19. The van der Waals surface area contributed by atoms with Crippen molar-refractivity contribution in [3.63, 3.8) is 0 Å². The smallest absolute Gasteiger partial charge is 0.228 e. The van der Waals surface area contributed by atoms with Crippen molar-refractivity contribution in [1.82, 2.24) is 10.2 Å². The standard InChI is InChI=1S/C18H20N2OS/c21-17-18(8-9-19-17)13-20(11-15-7-4-10-22-15)12-16(18)14-5-2-1-3-6-14/h1-7,10,16H,8-9,11-13H2,(H,19,21)/t16-,18+/m0/s1. The third kappa shape index (κ3) is 2.27. The number of nitrogens with one attached hydrogen (secondary N) is 1. The Morgan fingerprint density at radius 2 is 2.09 bits per heavy atom. The fraction of sp³-hybridized carbons (Fsp3) is 0.389. The molecule has 2 aliphatic heterocycles. The van der Waals surface area contributed by atoms with Crippen LogP contribution in [0.5, 0.6) is 0 Å². The fourth-order valence-electron chi connectivity index (χ4n) is 4.03. The number of amides is 1. The molecule has 0 bridgehead atoms. The molecule has 1 N–H and O–H groups in total. The summed E-state index contributed by atoms with van der Waals surface area (Å²) in [5.41, 5.74) is 1.06. The number of carbonyl (C=O) groups is 1. The molecule has 2 fully saturated rings. The monoisotopic (exact) mass is 312 g/mol. The van der Waals surface area contributed by atoms with E-state index in [4.69, 9.17) is 0 Å². The number of likely N-dealkylation sites (tertiary alicyclic amines) is 1. The van der Waals surface area contributed by atoms with Gasteiger partial charge in [0.1, 0.15) is 0 Å². The molecule has 0 aliphatic carbocycles. The van der Waals surface area contributed by atoms with Crippen LogP contribution in [0.15, 0.2) is 47.8 Å². The lowest BCUT2D eigenvalue weighted by atomic mass is 9.73. The van der Waals surface area contributed by atoms with Crippen LogP contribution in [0.2, 0.25) is 0 Å². The van der Waals surface area contributed by atoms with Crippen molar-refractivity contribution in [1.29, 1.82) is 0 Å². The number of rotatable bonds is 3. The molecule has 4 heteroatoms. The number of hydrogen-bond acceptors (Lipinski definition) is 3. The highest BCUT2D eigenvalue weighted by Gasteiger charge is 2.54. The van der Waals surface area contributed by atoms with E-state index in [0.717, 1.165) is 32.6 Å². The van der Waals surface area contributed by atoms with Gasteiger partial charge in [0.2, 0.25) is 5.91 Å². The highest BCUT2D eigenvalue weighted by atomic mass is 32.1. The molecule has 2 aliphatic rings. The molecule has 1 spiro atoms. The average molecular weight is 312 g/mol. The van der Waals surface area contributed by atoms with Gasteiger partial charge < -0.3 is 5.32 Å². The second-order valence-corrected chi connectivity index (χ2v) is 7.41. The zero-order valence-electron chi connectivity index (χ0n) is 12.5. The lowest BCUT2D eigenvalue weighted by molar-refractivity contribution is -0.127. The first-order chi connectivity index (χ1) is 10.8. The summed E-state index contributed by atoms with van der Waals surface area (Å²) in [6, 6.07) is 14.8. The SMILES string of the molecule is O=C1NCC[C@]12CN(Cc1cccs1)C[C@H]2c1ccccc1. The van der Waals surface area contributed by atoms with Crippen LogP contribution in [0.4, 0.5) is 0 Å². The summed E-state index contributed by atoms with van der Waals surface area (Å²) in [5.74, 6) is 0.547. The van der Waals surface area contributed by atoms with E-state index in [1.54, 1.807) is 11.3 Å². The molecule has 114 valence electrons. The predicted molar refractivity (Wildman–Crippen MR) is 88.8 cm³/mol. The van der Waals surface area contributed by atoms with E-state index in [9.17, 15) is 4.79 Å². The van der Waals surface area contributed by atoms with Crippen molar-refractivity contribution in [3.05, 3.63) is 58.3 Å². The predicted octanol–water partition coefficient (Wildman–Crippen LogP) is 2.85. The first-order valence-corrected chi connectivity index (χ1v) is 8.74. The van der Waals surface area contributed by atoms with Crippen LogP contribution in [0.1, 0.15) is 22.8 Å². The van der Waals surface area contributed by atoms with Crippen LogP contribution >= 0.6 is 11.3 Å². The summed E-state index contributed by atoms with van der Waals surface area (Å²) in [6.45, 7) is 3.61. The normalized spacial score (nSPS) is 28.4. The van der Waals surface area contributed by atoms with Crippen LogP contribution < -0.4 is 5.32 Å². The Balaban J connectivity index is 1.64. The Bertz CT molecular complexity index is 655. The molecule has 1 aromatic carbocycles. The molecular formula is C18H20N2OS. The highest BCUT2D eigenvalue weighted by Crippen LogP contribution is 2.48. The van der Waals surface area contributed by atoms with Gasteiger partial charge in [-0.25, -0.2) is 0 Å². The number of nitrogens with zero attached hydrogens (tertiary/aromatic N) is 1. The molecule has 0 radical (unpaired) electrons. The third-order valence-electron chi connectivity index (χ3n) is 5.08. The lowest BCUT2D eigenvalue weighted by Gasteiger charge is -2.27. The van der Waals surface area contributed by atoms with Crippen molar-refractivity contribution in [2.45, 2.75) is 18.9 Å². The Morgan fingerprint density at radius 3 is 2.77 bits per heavy atom. The first-order valence-electron chi connectivity index (χ1n) is 7.86. The molecule has 0 saturated carbocycles. The summed E-state index contributed by atoms with van der Waals surface area (Å²) >= 11 is 1.80. The molecule has 3 heterocycles. The second kappa shape index (κ2) is 5.52. The second-order valence-electron chi connectivity index (χ2n) is 6.37. The van der Waals surface area contributed by atoms with Gasteiger partial charge in [-0.2, -0.15) is 0 Å². The average Bonchev–Trinajstić information content (AvgIpc) is 3.25. The van der Waals surface area contributed by atoms with Crippen molar-refractivity contribution in [3.8, 4) is 0 Å². The van der Waals surface area contributed by atoms with E-state index in [1.165, 1.54) is 10.4 Å². The van der Waals surface area contributed by atoms with Gasteiger partial charge in [-0.15, -0.1) is 11.3 Å². The maximum absolute atomic E-state index is 12.6. The van der Waals surface area contributed by atoms with Gasteiger partial charge in [0.25, 0.3) is 0 Å². The van der Waals surface area contributed by atoms with Crippen LogP contribution in [0, 0.1) is 5.41 Å². The van der Waals surface area contributed by atoms with Crippen molar-refractivity contribution in [2.75, 3.05) is 19.6 Å². The van der Waals surface area contributed by atoms with Crippen LogP contribution in [0.25, 0.3) is 0 Å². The Hall–Kier alpha value is -1.65. The van der Waals surface area contributed by atoms with Crippen molar-refractivity contribution >= 4 is 17.2 Å². The van der Waals surface area contributed by atoms with E-state index in [0.29, 0.717) is 5.92 Å². The lowest BCUT2D eigenvalue weighted by Crippen LogP contribution is -2.37. The number of thiophene rings is 1. The van der Waals surface area contributed by atoms with E-state index in [2.05, 4.69) is 52.0 Å². The van der Waals surface area contributed by atoms with Gasteiger partial charge in [0.05, 0.1) is 5.41 Å². The quantitative estimate of drug-likeness (QED) is 0.945. The molecule has 1 aromatic heterocycles. The maximum atomic E-state index is 12.6. The number of carbonyl (C=O) groups excluding carboxylic acids is 1. The highest BCUT2D eigenvalue weighted by molar-refractivity contribution is 7.09. The minimum absolute atomic E-state index is 0.237. The first kappa shape index (κ1) is 14.0. The van der Waals surface area contributed by atoms with E-state index >= 15 is 0 Å². The molecule has 0 unspecified atom stereocenters. The largest absolute Gasteiger partial charge is 0.356 e. The fourth-order valence-corrected chi connectivity index (χ4v) is 4.78. The van der Waals surface area contributed by atoms with Gasteiger partial charge in [-0.3, -0.25) is 9.69 Å². The summed E-state index contributed by atoms with van der Waals surface area (Å²) in [4.78, 5) is 16.4. The van der Waals surface area contributed by atoms with Gasteiger partial charge in [0, 0.05) is 37.0 Å². The van der Waals surface area contributed by atoms with E-state index < -0.39 is 0 Å². The molecule has 1 amide bonds. The molecule has 3 nitrogen and oxygen atoms in total. The van der Waals surface area contributed by atoms with Crippen molar-refractivity contribution < 1.29 is 4.79 Å². The number of benzene rings is 1. The molecule has 22 heavy (non-hydrogen) atoms. The zero-order valence-corrected chi connectivity index (χ0v) is 13.3. The molecule has 4 rings (SSSR count). The molecule has 2 saturated heterocycles. The summed E-state index contributed by atoms with van der Waals surface area (Å²) < 4.78 is 0. The zero-order chi connectivity index (χ0) is 15.0.